The maximum atomic E-state index is 12.6. The summed E-state index contributed by atoms with van der Waals surface area (Å²) in [6.45, 7) is 6.44. The van der Waals surface area contributed by atoms with E-state index in [1.165, 1.54) is 0 Å². The quantitative estimate of drug-likeness (QED) is 0.533. The molecule has 1 saturated heterocycles. The average Bonchev–Trinajstić information content (AvgIpc) is 2.99. The van der Waals surface area contributed by atoms with E-state index in [4.69, 9.17) is 0 Å². The zero-order chi connectivity index (χ0) is 18.2. The Labute approximate surface area is 150 Å². The Morgan fingerprint density at radius 1 is 1.36 bits per heavy atom. The molecule has 0 saturated carbocycles. The highest BCUT2D eigenvalue weighted by Gasteiger charge is 2.27. The maximum Gasteiger partial charge on any atom is 0.219 e. The van der Waals surface area contributed by atoms with Crippen LogP contribution in [0.5, 0.6) is 5.75 Å². The third-order valence-electron chi connectivity index (χ3n) is 4.87. The second-order valence-electron chi connectivity index (χ2n) is 6.88. The normalized spacial score (nSPS) is 17.6. The van der Waals surface area contributed by atoms with E-state index in [0.29, 0.717) is 24.9 Å². The van der Waals surface area contributed by atoms with Crippen LogP contribution in [0.1, 0.15) is 61.4 Å². The Morgan fingerprint density at radius 3 is 2.88 bits per heavy atom. The first kappa shape index (κ1) is 19.4. The Morgan fingerprint density at radius 2 is 2.16 bits per heavy atom. The Hall–Kier alpha value is -1.88. The van der Waals surface area contributed by atoms with Crippen LogP contribution in [0.15, 0.2) is 18.2 Å². The minimum atomic E-state index is 0.0174. The Bertz CT molecular complexity index is 580. The van der Waals surface area contributed by atoms with Gasteiger partial charge in [0.25, 0.3) is 0 Å². The molecule has 1 atom stereocenters. The van der Waals surface area contributed by atoms with Crippen LogP contribution in [-0.2, 0) is 4.79 Å². The van der Waals surface area contributed by atoms with Crippen molar-refractivity contribution in [1.82, 2.24) is 10.2 Å². The van der Waals surface area contributed by atoms with Crippen LogP contribution in [0.2, 0.25) is 0 Å². The summed E-state index contributed by atoms with van der Waals surface area (Å²) in [6, 6.07) is 5.43. The fraction of sp³-hybridized carbons (Fsp3) is 0.600. The number of Topliss-reactive ketones (excluding diaryl/α,β-unsaturated/α-hetero) is 1. The van der Waals surface area contributed by atoms with Crippen molar-refractivity contribution >= 4 is 11.7 Å². The maximum absolute atomic E-state index is 12.6. The lowest BCUT2D eigenvalue weighted by molar-refractivity contribution is -0.121. The first-order chi connectivity index (χ1) is 12.0. The van der Waals surface area contributed by atoms with Gasteiger partial charge < -0.3 is 10.4 Å². The number of aryl methyl sites for hydroxylation is 1. The van der Waals surface area contributed by atoms with Gasteiger partial charge in [0.05, 0.1) is 5.56 Å². The van der Waals surface area contributed by atoms with E-state index in [1.807, 2.05) is 19.9 Å². The van der Waals surface area contributed by atoms with Crippen molar-refractivity contribution < 1.29 is 14.7 Å². The summed E-state index contributed by atoms with van der Waals surface area (Å²) in [5.41, 5.74) is 1.29. The molecular formula is C20H30N2O3. The van der Waals surface area contributed by atoms with Crippen LogP contribution in [0.25, 0.3) is 0 Å². The molecule has 1 aromatic carbocycles. The van der Waals surface area contributed by atoms with E-state index in [9.17, 15) is 14.7 Å². The minimum Gasteiger partial charge on any atom is -0.507 e. The Balaban J connectivity index is 1.83. The minimum absolute atomic E-state index is 0.0174. The van der Waals surface area contributed by atoms with Gasteiger partial charge in [-0.25, -0.2) is 0 Å². The highest BCUT2D eigenvalue weighted by molar-refractivity contribution is 6.00. The number of phenolic OH excluding ortho intramolecular Hbond substituents is 1. The largest absolute Gasteiger partial charge is 0.507 e. The number of benzene rings is 1. The average molecular weight is 346 g/mol. The van der Waals surface area contributed by atoms with Crippen LogP contribution in [0.3, 0.4) is 0 Å². The van der Waals surface area contributed by atoms with Crippen molar-refractivity contribution in [2.45, 2.75) is 58.4 Å². The molecule has 1 fully saturated rings. The first-order valence-electron chi connectivity index (χ1n) is 9.35. The van der Waals surface area contributed by atoms with Gasteiger partial charge in [0.15, 0.2) is 5.78 Å². The number of amides is 1. The van der Waals surface area contributed by atoms with Gasteiger partial charge in [0.2, 0.25) is 5.91 Å². The molecule has 0 aliphatic carbocycles. The number of phenols is 1. The van der Waals surface area contributed by atoms with E-state index in [0.717, 1.165) is 44.3 Å². The summed E-state index contributed by atoms with van der Waals surface area (Å²) in [6.07, 6.45) is 4.91. The SMILES string of the molecule is CCCC(=O)NCCCN1CCCC1CC(=O)c1c(C)cccc1O. The molecular weight excluding hydrogens is 316 g/mol. The van der Waals surface area contributed by atoms with Crippen molar-refractivity contribution in [2.24, 2.45) is 0 Å². The van der Waals surface area contributed by atoms with Crippen LogP contribution in [0, 0.1) is 6.92 Å². The number of carbonyl (C=O) groups is 2. The number of hydrogen-bond acceptors (Lipinski definition) is 4. The number of rotatable bonds is 9. The number of hydrogen-bond donors (Lipinski definition) is 2. The van der Waals surface area contributed by atoms with Crippen LogP contribution >= 0.6 is 0 Å². The predicted molar refractivity (Wildman–Crippen MR) is 98.9 cm³/mol. The molecule has 1 heterocycles. The second kappa shape index (κ2) is 9.56. The number of nitrogens with one attached hydrogen (secondary N) is 1. The predicted octanol–water partition coefficient (Wildman–Crippen LogP) is 3.04. The fourth-order valence-electron chi connectivity index (χ4n) is 3.58. The van der Waals surface area contributed by atoms with E-state index in [2.05, 4.69) is 10.2 Å². The topological polar surface area (TPSA) is 69.6 Å². The summed E-state index contributed by atoms with van der Waals surface area (Å²) < 4.78 is 0. The molecule has 1 aliphatic heterocycles. The molecule has 0 aromatic heterocycles. The van der Waals surface area contributed by atoms with Crippen molar-refractivity contribution in [3.05, 3.63) is 29.3 Å². The van der Waals surface area contributed by atoms with E-state index in [1.54, 1.807) is 12.1 Å². The molecule has 1 unspecified atom stereocenters. The smallest absolute Gasteiger partial charge is 0.219 e. The summed E-state index contributed by atoms with van der Waals surface area (Å²) >= 11 is 0. The van der Waals surface area contributed by atoms with Crippen molar-refractivity contribution in [2.75, 3.05) is 19.6 Å². The lowest BCUT2D eigenvalue weighted by Crippen LogP contribution is -2.34. The number of aromatic hydroxyl groups is 1. The van der Waals surface area contributed by atoms with Gasteiger partial charge in [-0.05, 0) is 50.8 Å². The molecule has 5 nitrogen and oxygen atoms in total. The van der Waals surface area contributed by atoms with Crippen LogP contribution in [0.4, 0.5) is 0 Å². The highest BCUT2D eigenvalue weighted by Crippen LogP contribution is 2.26. The second-order valence-corrected chi connectivity index (χ2v) is 6.88. The molecule has 5 heteroatoms. The van der Waals surface area contributed by atoms with Gasteiger partial charge in [-0.2, -0.15) is 0 Å². The molecule has 0 radical (unpaired) electrons. The van der Waals surface area contributed by atoms with Crippen molar-refractivity contribution in [3.8, 4) is 5.75 Å². The van der Waals surface area contributed by atoms with E-state index >= 15 is 0 Å². The molecule has 2 rings (SSSR count). The zero-order valence-corrected chi connectivity index (χ0v) is 15.4. The van der Waals surface area contributed by atoms with Gasteiger partial charge in [-0.15, -0.1) is 0 Å². The van der Waals surface area contributed by atoms with Crippen molar-refractivity contribution in [3.63, 3.8) is 0 Å². The summed E-state index contributed by atoms with van der Waals surface area (Å²) in [5, 5.41) is 12.9. The fourth-order valence-corrected chi connectivity index (χ4v) is 3.58. The standard InChI is InChI=1S/C20H30N2O3/c1-3-7-19(25)21-11-6-13-22-12-5-9-16(22)14-18(24)20-15(2)8-4-10-17(20)23/h4,8,10,16,23H,3,5-7,9,11-14H2,1-2H3,(H,21,25). The van der Waals surface area contributed by atoms with Crippen molar-refractivity contribution in [1.29, 1.82) is 0 Å². The van der Waals surface area contributed by atoms with E-state index < -0.39 is 0 Å². The lowest BCUT2D eigenvalue weighted by Gasteiger charge is -2.24. The molecule has 0 spiro atoms. The first-order valence-corrected chi connectivity index (χ1v) is 9.35. The third kappa shape index (κ3) is 5.56. The van der Waals surface area contributed by atoms with Crippen LogP contribution in [-0.4, -0.2) is 47.4 Å². The molecule has 2 N–H and O–H groups in total. The van der Waals surface area contributed by atoms with Gasteiger partial charge >= 0.3 is 0 Å². The summed E-state index contributed by atoms with van der Waals surface area (Å²) in [4.78, 5) is 26.5. The number of ketones is 1. The highest BCUT2D eigenvalue weighted by atomic mass is 16.3. The molecule has 25 heavy (non-hydrogen) atoms. The lowest BCUT2D eigenvalue weighted by atomic mass is 9.97. The van der Waals surface area contributed by atoms with Gasteiger partial charge in [0.1, 0.15) is 5.75 Å². The summed E-state index contributed by atoms with van der Waals surface area (Å²) in [7, 11) is 0. The number of carbonyl (C=O) groups excluding carboxylic acids is 2. The monoisotopic (exact) mass is 346 g/mol. The van der Waals surface area contributed by atoms with Gasteiger partial charge in [0, 0.05) is 32.0 Å². The Kier molecular flexibility index (Phi) is 7.44. The molecule has 1 aromatic rings. The van der Waals surface area contributed by atoms with E-state index in [-0.39, 0.29) is 23.5 Å². The third-order valence-corrected chi connectivity index (χ3v) is 4.87. The molecule has 0 bridgehead atoms. The summed E-state index contributed by atoms with van der Waals surface area (Å²) in [5.74, 6) is 0.211. The van der Waals surface area contributed by atoms with Crippen LogP contribution < -0.4 is 5.32 Å². The molecule has 138 valence electrons. The number of likely N-dealkylation sites (tertiary alicyclic amines) is 1. The van der Waals surface area contributed by atoms with Gasteiger partial charge in [-0.1, -0.05) is 19.1 Å². The van der Waals surface area contributed by atoms with Gasteiger partial charge in [-0.3, -0.25) is 14.5 Å². The molecule has 1 amide bonds. The molecule has 1 aliphatic rings. The number of nitrogens with zero attached hydrogens (tertiary/aromatic N) is 1. The zero-order valence-electron chi connectivity index (χ0n) is 15.4.